The number of aromatic nitrogens is 3. The van der Waals surface area contributed by atoms with E-state index >= 15 is 0 Å². The second-order valence-corrected chi connectivity index (χ2v) is 12.0. The predicted octanol–water partition coefficient (Wildman–Crippen LogP) is 2.68. The summed E-state index contributed by atoms with van der Waals surface area (Å²) < 4.78 is 8.05. The quantitative estimate of drug-likeness (QED) is 0.356. The van der Waals surface area contributed by atoms with Gasteiger partial charge in [0.05, 0.1) is 16.7 Å². The van der Waals surface area contributed by atoms with Gasteiger partial charge >= 0.3 is 0 Å². The maximum atomic E-state index is 6.23. The van der Waals surface area contributed by atoms with Crippen LogP contribution in [0.5, 0.6) is 0 Å². The highest BCUT2D eigenvalue weighted by Gasteiger charge is 2.28. The number of anilines is 1. The SMILES string of the molecule is C/C(N)=C(\c1cnc2c3ccc(N4CCN(C5CCN(C)CC5)CC4)nc3n(CC3CCOCC3)c2c1)N(C)N. The molecule has 0 aromatic carbocycles. The van der Waals surface area contributed by atoms with Crippen LogP contribution in [0, 0.1) is 5.92 Å². The van der Waals surface area contributed by atoms with Crippen LogP contribution >= 0.6 is 0 Å². The number of fused-ring (bicyclic) bond motifs is 3. The van der Waals surface area contributed by atoms with Gasteiger partial charge in [0.15, 0.2) is 0 Å². The predicted molar refractivity (Wildman–Crippen MR) is 162 cm³/mol. The zero-order valence-electron chi connectivity index (χ0n) is 24.3. The van der Waals surface area contributed by atoms with E-state index in [4.69, 9.17) is 26.3 Å². The minimum atomic E-state index is 0.545. The van der Waals surface area contributed by atoms with Gasteiger partial charge in [0.25, 0.3) is 0 Å². The lowest BCUT2D eigenvalue weighted by atomic mass is 10.0. The zero-order valence-corrected chi connectivity index (χ0v) is 24.3. The number of pyridine rings is 2. The minimum absolute atomic E-state index is 0.545. The lowest BCUT2D eigenvalue weighted by Gasteiger charge is -2.42. The summed E-state index contributed by atoms with van der Waals surface area (Å²) in [4.78, 5) is 17.9. The van der Waals surface area contributed by atoms with Crippen LogP contribution in [0.2, 0.25) is 0 Å². The molecule has 3 aliphatic heterocycles. The molecule has 3 saturated heterocycles. The topological polar surface area (TPSA) is 105 Å². The van der Waals surface area contributed by atoms with E-state index in [9.17, 15) is 0 Å². The molecular weight excluding hydrogens is 502 g/mol. The van der Waals surface area contributed by atoms with Crippen molar-refractivity contribution in [2.75, 3.05) is 71.5 Å². The molecule has 0 spiro atoms. The molecule has 3 aliphatic rings. The van der Waals surface area contributed by atoms with Crippen LogP contribution < -0.4 is 16.5 Å². The first-order valence-corrected chi connectivity index (χ1v) is 14.9. The number of nitrogens with zero attached hydrogens (tertiary/aromatic N) is 7. The van der Waals surface area contributed by atoms with Crippen LogP contribution in [0.4, 0.5) is 5.82 Å². The van der Waals surface area contributed by atoms with Crippen LogP contribution in [0.3, 0.4) is 0 Å². The first-order valence-electron chi connectivity index (χ1n) is 14.9. The van der Waals surface area contributed by atoms with E-state index < -0.39 is 0 Å². The van der Waals surface area contributed by atoms with Gasteiger partial charge in [0, 0.05) is 81.9 Å². The highest BCUT2D eigenvalue weighted by molar-refractivity contribution is 6.05. The van der Waals surface area contributed by atoms with E-state index in [1.54, 1.807) is 5.01 Å². The normalized spacial score (nSPS) is 21.4. The molecular formula is C30H45N9O. The van der Waals surface area contributed by atoms with E-state index in [-0.39, 0.29) is 0 Å². The van der Waals surface area contributed by atoms with Crippen LogP contribution in [0.15, 0.2) is 30.1 Å². The third kappa shape index (κ3) is 5.37. The molecule has 216 valence electrons. The molecule has 0 aliphatic carbocycles. The van der Waals surface area contributed by atoms with Gasteiger partial charge in [-0.1, -0.05) is 0 Å². The molecule has 3 fully saturated rings. The molecule has 40 heavy (non-hydrogen) atoms. The van der Waals surface area contributed by atoms with Gasteiger partial charge in [-0.15, -0.1) is 0 Å². The van der Waals surface area contributed by atoms with Crippen molar-refractivity contribution in [2.24, 2.45) is 17.5 Å². The number of hydrogen-bond donors (Lipinski definition) is 2. The van der Waals surface area contributed by atoms with E-state index in [0.717, 1.165) is 104 Å². The Morgan fingerprint density at radius 2 is 1.77 bits per heavy atom. The fraction of sp³-hybridized carbons (Fsp3) is 0.600. The fourth-order valence-corrected chi connectivity index (χ4v) is 6.87. The van der Waals surface area contributed by atoms with E-state index in [1.807, 2.05) is 20.2 Å². The second kappa shape index (κ2) is 11.5. The Kier molecular flexibility index (Phi) is 7.85. The average Bonchev–Trinajstić information content (AvgIpc) is 3.26. The lowest BCUT2D eigenvalue weighted by molar-refractivity contribution is 0.0619. The Labute approximate surface area is 237 Å². The first-order chi connectivity index (χ1) is 19.4. The Morgan fingerprint density at radius 3 is 2.45 bits per heavy atom. The van der Waals surface area contributed by atoms with Crippen molar-refractivity contribution in [3.05, 3.63) is 35.7 Å². The molecule has 6 rings (SSSR count). The number of hydrazine groups is 1. The monoisotopic (exact) mass is 547 g/mol. The molecule has 0 radical (unpaired) electrons. The Balaban J connectivity index is 1.33. The zero-order chi connectivity index (χ0) is 27.8. The molecule has 3 aromatic rings. The molecule has 10 heteroatoms. The van der Waals surface area contributed by atoms with Gasteiger partial charge < -0.3 is 29.8 Å². The molecule has 0 atom stereocenters. The summed E-state index contributed by atoms with van der Waals surface area (Å²) in [5, 5.41) is 2.67. The van der Waals surface area contributed by atoms with Crippen LogP contribution in [0.1, 0.15) is 38.2 Å². The molecule has 4 N–H and O–H groups in total. The smallest absolute Gasteiger partial charge is 0.145 e. The molecule has 0 amide bonds. The van der Waals surface area contributed by atoms with E-state index in [1.165, 1.54) is 25.9 Å². The lowest BCUT2D eigenvalue weighted by Crippen LogP contribution is -2.53. The number of nitrogens with two attached hydrogens (primary N) is 2. The summed E-state index contributed by atoms with van der Waals surface area (Å²) in [5.74, 6) is 7.77. The highest BCUT2D eigenvalue weighted by Crippen LogP contribution is 2.33. The average molecular weight is 548 g/mol. The van der Waals surface area contributed by atoms with Gasteiger partial charge in [-0.2, -0.15) is 0 Å². The third-order valence-corrected chi connectivity index (χ3v) is 9.15. The Morgan fingerprint density at radius 1 is 1.05 bits per heavy atom. The number of piperidine rings is 1. The van der Waals surface area contributed by atoms with Crippen molar-refractivity contribution in [3.8, 4) is 0 Å². The number of rotatable bonds is 6. The van der Waals surface area contributed by atoms with E-state index in [2.05, 4.69) is 44.5 Å². The maximum absolute atomic E-state index is 6.23. The Bertz CT molecular complexity index is 1360. The number of allylic oxidation sites excluding steroid dienone is 1. The summed E-state index contributed by atoms with van der Waals surface area (Å²) >= 11 is 0. The van der Waals surface area contributed by atoms with E-state index in [0.29, 0.717) is 11.6 Å². The van der Waals surface area contributed by atoms with Gasteiger partial charge in [-0.25, -0.2) is 10.8 Å². The highest BCUT2D eigenvalue weighted by atomic mass is 16.5. The van der Waals surface area contributed by atoms with Crippen molar-refractivity contribution in [1.82, 2.24) is 29.3 Å². The number of hydrogen-bond acceptors (Lipinski definition) is 9. The standard InChI is InChI=1S/C30H45N9O/c1-21(31)29(36(3)32)23-18-26-28(33-19-23)25-4-5-27(34-30(25)39(26)20-22-8-16-40-17-9-22)38-14-12-37(13-15-38)24-6-10-35(2)11-7-24/h4-5,18-19,22,24H,6-17,20,31-32H2,1-3H3/b29-21-. The van der Waals surface area contributed by atoms with Crippen molar-refractivity contribution >= 4 is 33.6 Å². The fourth-order valence-electron chi connectivity index (χ4n) is 6.87. The van der Waals surface area contributed by atoms with Gasteiger partial charge in [0.2, 0.25) is 0 Å². The summed E-state index contributed by atoms with van der Waals surface area (Å²) in [6.45, 7) is 11.1. The van der Waals surface area contributed by atoms with Crippen molar-refractivity contribution in [2.45, 2.75) is 45.2 Å². The maximum Gasteiger partial charge on any atom is 0.145 e. The van der Waals surface area contributed by atoms with Crippen LogP contribution in [0.25, 0.3) is 27.8 Å². The van der Waals surface area contributed by atoms with Crippen molar-refractivity contribution in [3.63, 3.8) is 0 Å². The molecule has 0 bridgehead atoms. The number of likely N-dealkylation sites (tertiary alicyclic amines) is 1. The molecule has 0 saturated carbocycles. The summed E-state index contributed by atoms with van der Waals surface area (Å²) in [5.41, 5.74) is 11.7. The summed E-state index contributed by atoms with van der Waals surface area (Å²) in [7, 11) is 4.05. The third-order valence-electron chi connectivity index (χ3n) is 9.15. The largest absolute Gasteiger partial charge is 0.401 e. The molecule has 0 unspecified atom stereocenters. The van der Waals surface area contributed by atoms with Gasteiger partial charge in [-0.3, -0.25) is 9.88 Å². The van der Waals surface area contributed by atoms with Gasteiger partial charge in [0.1, 0.15) is 11.5 Å². The molecule has 6 heterocycles. The summed E-state index contributed by atoms with van der Waals surface area (Å²) in [6, 6.07) is 7.30. The molecule has 10 nitrogen and oxygen atoms in total. The van der Waals surface area contributed by atoms with Crippen molar-refractivity contribution < 1.29 is 4.74 Å². The summed E-state index contributed by atoms with van der Waals surface area (Å²) in [6.07, 6.45) is 6.56. The molecule has 3 aromatic heterocycles. The second-order valence-electron chi connectivity index (χ2n) is 12.0. The number of piperazine rings is 1. The number of ether oxygens (including phenoxy) is 1. The van der Waals surface area contributed by atoms with Gasteiger partial charge in [-0.05, 0) is 76.9 Å². The minimum Gasteiger partial charge on any atom is -0.401 e. The first kappa shape index (κ1) is 27.3. The van der Waals surface area contributed by atoms with Crippen molar-refractivity contribution in [1.29, 1.82) is 0 Å². The van der Waals surface area contributed by atoms with Crippen LogP contribution in [-0.2, 0) is 11.3 Å². The van der Waals surface area contributed by atoms with Crippen LogP contribution in [-0.4, -0.2) is 102 Å². The Hall–Kier alpha value is -2.92.